The number of hydrogen-bond acceptors (Lipinski definition) is 4. The quantitative estimate of drug-likeness (QED) is 0.886. The number of nitrogens with zero attached hydrogens (tertiary/aromatic N) is 1. The molecule has 0 bridgehead atoms. The molecule has 2 N–H and O–H groups in total. The minimum Gasteiger partial charge on any atom is -0.387 e. The van der Waals surface area contributed by atoms with E-state index in [1.807, 2.05) is 12.3 Å². The third-order valence-corrected chi connectivity index (χ3v) is 4.14. The van der Waals surface area contributed by atoms with Crippen molar-refractivity contribution in [3.63, 3.8) is 0 Å². The predicted octanol–water partition coefficient (Wildman–Crippen LogP) is 3.58. The van der Waals surface area contributed by atoms with E-state index in [1.165, 1.54) is 0 Å². The molecule has 0 aliphatic heterocycles. The molecule has 0 fully saturated rings. The van der Waals surface area contributed by atoms with E-state index in [1.54, 1.807) is 29.5 Å². The van der Waals surface area contributed by atoms with Crippen LogP contribution in [0, 0.1) is 6.92 Å². The van der Waals surface area contributed by atoms with Gasteiger partial charge in [0.2, 0.25) is 0 Å². The average Bonchev–Trinajstić information content (AvgIpc) is 2.78. The van der Waals surface area contributed by atoms with E-state index in [9.17, 15) is 5.11 Å². The molecule has 0 amide bonds. The smallest absolute Gasteiger partial charge is 0.107 e. The van der Waals surface area contributed by atoms with E-state index < -0.39 is 6.10 Å². The highest BCUT2D eigenvalue weighted by Crippen LogP contribution is 2.26. The first-order chi connectivity index (χ1) is 9.06. The van der Waals surface area contributed by atoms with Gasteiger partial charge < -0.3 is 10.4 Å². The summed E-state index contributed by atoms with van der Waals surface area (Å²) in [6, 6.07) is 5.07. The molecule has 0 aliphatic rings. The summed E-state index contributed by atoms with van der Waals surface area (Å²) in [5.74, 6) is 0. The number of hydrogen-bond donors (Lipinski definition) is 2. The van der Waals surface area contributed by atoms with Gasteiger partial charge in [-0.3, -0.25) is 0 Å². The van der Waals surface area contributed by atoms with Gasteiger partial charge in [-0.05, 0) is 25.1 Å². The van der Waals surface area contributed by atoms with Crippen molar-refractivity contribution >= 4 is 34.5 Å². The summed E-state index contributed by atoms with van der Waals surface area (Å²) >= 11 is 13.5. The molecule has 0 spiro atoms. The first-order valence-electron chi connectivity index (χ1n) is 5.81. The molecule has 0 radical (unpaired) electrons. The molecule has 1 aromatic heterocycles. The third-order valence-electron chi connectivity index (χ3n) is 2.60. The van der Waals surface area contributed by atoms with Crippen molar-refractivity contribution in [2.75, 3.05) is 6.54 Å². The van der Waals surface area contributed by atoms with Gasteiger partial charge in [0.25, 0.3) is 0 Å². The average molecular weight is 317 g/mol. The van der Waals surface area contributed by atoms with Gasteiger partial charge in [-0.1, -0.05) is 23.2 Å². The number of aromatic nitrogens is 1. The van der Waals surface area contributed by atoms with Gasteiger partial charge in [0.15, 0.2) is 0 Å². The van der Waals surface area contributed by atoms with Gasteiger partial charge in [0, 0.05) is 39.8 Å². The molecule has 1 heterocycles. The second-order valence-corrected chi connectivity index (χ2v) is 5.98. The van der Waals surface area contributed by atoms with Gasteiger partial charge in [-0.15, -0.1) is 11.3 Å². The Labute approximate surface area is 126 Å². The summed E-state index contributed by atoms with van der Waals surface area (Å²) in [5.41, 5.74) is 1.65. The Bertz CT molecular complexity index is 559. The Kier molecular flexibility index (Phi) is 5.19. The lowest BCUT2D eigenvalue weighted by Crippen LogP contribution is -2.21. The molecule has 2 aromatic rings. The fourth-order valence-corrected chi connectivity index (χ4v) is 2.85. The maximum absolute atomic E-state index is 10.1. The maximum Gasteiger partial charge on any atom is 0.107 e. The second kappa shape index (κ2) is 6.68. The van der Waals surface area contributed by atoms with Crippen LogP contribution in [0.3, 0.4) is 0 Å². The minimum absolute atomic E-state index is 0.401. The molecule has 2 rings (SSSR count). The highest BCUT2D eigenvalue weighted by Gasteiger charge is 2.12. The standard InChI is InChI=1S/C13H14Cl2N2OS/c1-8-7-19-13(17-8)6-16-5-12(18)10-4-9(14)2-3-11(10)15/h2-4,7,12,16,18H,5-6H2,1H3. The van der Waals surface area contributed by atoms with Crippen molar-refractivity contribution in [2.24, 2.45) is 0 Å². The van der Waals surface area contributed by atoms with Crippen LogP contribution in [0.25, 0.3) is 0 Å². The van der Waals surface area contributed by atoms with Crippen molar-refractivity contribution in [3.05, 3.63) is 49.9 Å². The molecular formula is C13H14Cl2N2OS. The zero-order valence-electron chi connectivity index (χ0n) is 10.4. The molecule has 1 aromatic carbocycles. The summed E-state index contributed by atoms with van der Waals surface area (Å²) in [4.78, 5) is 4.34. The zero-order valence-corrected chi connectivity index (χ0v) is 12.7. The van der Waals surface area contributed by atoms with E-state index >= 15 is 0 Å². The van der Waals surface area contributed by atoms with Gasteiger partial charge in [0.05, 0.1) is 6.10 Å². The Morgan fingerprint density at radius 1 is 1.42 bits per heavy atom. The number of aliphatic hydroxyl groups excluding tert-OH is 1. The van der Waals surface area contributed by atoms with Crippen LogP contribution in [-0.4, -0.2) is 16.6 Å². The largest absolute Gasteiger partial charge is 0.387 e. The Morgan fingerprint density at radius 2 is 2.21 bits per heavy atom. The summed E-state index contributed by atoms with van der Waals surface area (Å²) in [6.45, 7) is 2.99. The van der Waals surface area contributed by atoms with E-state index in [-0.39, 0.29) is 0 Å². The first kappa shape index (κ1) is 14.8. The van der Waals surface area contributed by atoms with Crippen LogP contribution in [0.15, 0.2) is 23.6 Å². The van der Waals surface area contributed by atoms with Crippen molar-refractivity contribution in [1.29, 1.82) is 0 Å². The number of aryl methyl sites for hydroxylation is 1. The lowest BCUT2D eigenvalue weighted by molar-refractivity contribution is 0.174. The normalized spacial score (nSPS) is 12.6. The number of thiazole rings is 1. The lowest BCUT2D eigenvalue weighted by Gasteiger charge is -2.13. The Morgan fingerprint density at radius 3 is 2.89 bits per heavy atom. The molecule has 102 valence electrons. The number of aliphatic hydroxyl groups is 1. The molecule has 0 saturated heterocycles. The van der Waals surface area contributed by atoms with Crippen molar-refractivity contribution in [1.82, 2.24) is 10.3 Å². The number of halogens is 2. The van der Waals surface area contributed by atoms with Crippen molar-refractivity contribution in [2.45, 2.75) is 19.6 Å². The molecule has 3 nitrogen and oxygen atoms in total. The predicted molar refractivity (Wildman–Crippen MR) is 80.0 cm³/mol. The molecule has 6 heteroatoms. The summed E-state index contributed by atoms with van der Waals surface area (Å²) in [7, 11) is 0. The molecule has 0 aliphatic carbocycles. The van der Waals surface area contributed by atoms with Crippen LogP contribution in [0.5, 0.6) is 0 Å². The minimum atomic E-state index is -0.688. The summed E-state index contributed by atoms with van der Waals surface area (Å²) in [5, 5.41) is 17.3. The molecule has 1 atom stereocenters. The fraction of sp³-hybridized carbons (Fsp3) is 0.308. The van der Waals surface area contributed by atoms with Gasteiger partial charge in [0.1, 0.15) is 5.01 Å². The monoisotopic (exact) mass is 316 g/mol. The number of nitrogens with one attached hydrogen (secondary N) is 1. The van der Waals surface area contributed by atoms with Gasteiger partial charge in [-0.25, -0.2) is 4.98 Å². The van der Waals surface area contributed by atoms with E-state index in [0.29, 0.717) is 28.7 Å². The Balaban J connectivity index is 1.90. The maximum atomic E-state index is 10.1. The number of benzene rings is 1. The van der Waals surface area contributed by atoms with Crippen LogP contribution >= 0.6 is 34.5 Å². The van der Waals surface area contributed by atoms with Crippen LogP contribution in [-0.2, 0) is 6.54 Å². The van der Waals surface area contributed by atoms with E-state index in [2.05, 4.69) is 10.3 Å². The van der Waals surface area contributed by atoms with Crippen LogP contribution < -0.4 is 5.32 Å². The summed E-state index contributed by atoms with van der Waals surface area (Å²) < 4.78 is 0. The Hall–Kier alpha value is -0.650. The van der Waals surface area contributed by atoms with Gasteiger partial charge in [-0.2, -0.15) is 0 Å². The first-order valence-corrected chi connectivity index (χ1v) is 7.44. The van der Waals surface area contributed by atoms with Gasteiger partial charge >= 0.3 is 0 Å². The number of rotatable bonds is 5. The van der Waals surface area contributed by atoms with Crippen molar-refractivity contribution in [3.8, 4) is 0 Å². The van der Waals surface area contributed by atoms with Crippen LogP contribution in [0.4, 0.5) is 0 Å². The van der Waals surface area contributed by atoms with E-state index in [0.717, 1.165) is 10.7 Å². The highest BCUT2D eigenvalue weighted by molar-refractivity contribution is 7.09. The van der Waals surface area contributed by atoms with Crippen LogP contribution in [0.2, 0.25) is 10.0 Å². The zero-order chi connectivity index (χ0) is 13.8. The SMILES string of the molecule is Cc1csc(CNCC(O)c2cc(Cl)ccc2Cl)n1. The molecule has 1 unspecified atom stereocenters. The highest BCUT2D eigenvalue weighted by atomic mass is 35.5. The molecule has 0 saturated carbocycles. The molecule has 19 heavy (non-hydrogen) atoms. The lowest BCUT2D eigenvalue weighted by atomic mass is 10.1. The van der Waals surface area contributed by atoms with Crippen molar-refractivity contribution < 1.29 is 5.11 Å². The fourth-order valence-electron chi connectivity index (χ4n) is 1.68. The second-order valence-electron chi connectivity index (χ2n) is 4.20. The van der Waals surface area contributed by atoms with E-state index in [4.69, 9.17) is 23.2 Å². The summed E-state index contributed by atoms with van der Waals surface area (Å²) in [6.07, 6.45) is -0.688. The van der Waals surface area contributed by atoms with Crippen LogP contribution in [0.1, 0.15) is 22.4 Å². The topological polar surface area (TPSA) is 45.1 Å². The third kappa shape index (κ3) is 4.16. The molecular weight excluding hydrogens is 303 g/mol.